The maximum atomic E-state index is 11.2. The Kier molecular flexibility index (Phi) is 6.22. The van der Waals surface area contributed by atoms with Gasteiger partial charge in [0, 0.05) is 29.7 Å². The number of ether oxygens (including phenoxy) is 3. The van der Waals surface area contributed by atoms with Crippen LogP contribution in [0.4, 0.5) is 11.5 Å². The molecular weight excluding hydrogens is 494 g/mol. The molecule has 0 radical (unpaired) electrons. The van der Waals surface area contributed by atoms with Gasteiger partial charge in [-0.2, -0.15) is 0 Å². The maximum absolute atomic E-state index is 11.2. The fraction of sp³-hybridized carbons (Fsp3) is 0.0667. The van der Waals surface area contributed by atoms with Gasteiger partial charge in [-0.15, -0.1) is 0 Å². The number of aromatic nitrogens is 4. The van der Waals surface area contributed by atoms with E-state index in [1.165, 1.54) is 6.33 Å². The van der Waals surface area contributed by atoms with Crippen molar-refractivity contribution in [3.8, 4) is 40.0 Å². The Hall–Kier alpha value is -5.44. The van der Waals surface area contributed by atoms with Gasteiger partial charge in [0.05, 0.1) is 36.0 Å². The molecule has 0 aliphatic heterocycles. The topological polar surface area (TPSA) is 112 Å². The third-order valence-electron chi connectivity index (χ3n) is 6.27. The molecule has 9 heteroatoms. The van der Waals surface area contributed by atoms with Crippen LogP contribution in [-0.4, -0.2) is 39.3 Å². The number of anilines is 2. The van der Waals surface area contributed by atoms with Crippen molar-refractivity contribution >= 4 is 33.3 Å². The van der Waals surface area contributed by atoms with E-state index in [4.69, 9.17) is 14.2 Å². The first-order chi connectivity index (χ1) is 19.1. The molecule has 6 aromatic rings. The lowest BCUT2D eigenvalue weighted by molar-refractivity contribution is 0.355. The van der Waals surface area contributed by atoms with Gasteiger partial charge in [0.1, 0.15) is 23.6 Å². The van der Waals surface area contributed by atoms with Gasteiger partial charge in [0.2, 0.25) is 5.88 Å². The number of benzene rings is 3. The summed E-state index contributed by atoms with van der Waals surface area (Å²) in [5.41, 5.74) is 3.56. The lowest BCUT2D eigenvalue weighted by Crippen LogP contribution is -1.97. The lowest BCUT2D eigenvalue weighted by Gasteiger charge is -2.13. The van der Waals surface area contributed by atoms with Crippen LogP contribution >= 0.6 is 0 Å². The predicted octanol–water partition coefficient (Wildman–Crippen LogP) is 6.50. The van der Waals surface area contributed by atoms with Gasteiger partial charge in [-0.3, -0.25) is 4.98 Å². The Bertz CT molecular complexity index is 1790. The highest BCUT2D eigenvalue weighted by Gasteiger charge is 2.15. The summed E-state index contributed by atoms with van der Waals surface area (Å²) in [6.45, 7) is 0. The molecule has 9 nitrogen and oxygen atoms in total. The molecule has 0 saturated heterocycles. The van der Waals surface area contributed by atoms with Gasteiger partial charge < -0.3 is 24.6 Å². The standard InChI is InChI=1S/C30H23N5O4/c1-37-25-14-21-24(15-26(25)38-2)33-17-34-30(21)39-20-10-8-19(9-11-20)35-29-27-23(12-13-31-29)32-16-22(28(27)36)18-6-4-3-5-7-18/h3-17H,1-2H3,(H,31,35)(H,32,36). The van der Waals surface area contributed by atoms with Crippen molar-refractivity contribution < 1.29 is 19.3 Å². The monoisotopic (exact) mass is 517 g/mol. The lowest BCUT2D eigenvalue weighted by atomic mass is 10.0. The number of nitrogens with zero attached hydrogens (tertiary/aromatic N) is 4. The number of hydrogen-bond acceptors (Lipinski definition) is 9. The zero-order valence-electron chi connectivity index (χ0n) is 21.1. The molecule has 3 heterocycles. The van der Waals surface area contributed by atoms with Crippen molar-refractivity contribution in [1.29, 1.82) is 0 Å². The van der Waals surface area contributed by atoms with E-state index in [2.05, 4.69) is 25.3 Å². The Morgan fingerprint density at radius 1 is 0.769 bits per heavy atom. The molecule has 0 amide bonds. The van der Waals surface area contributed by atoms with Crippen LogP contribution in [0.5, 0.6) is 28.9 Å². The van der Waals surface area contributed by atoms with Gasteiger partial charge in [-0.1, -0.05) is 30.3 Å². The molecule has 0 spiro atoms. The van der Waals surface area contributed by atoms with E-state index in [9.17, 15) is 5.11 Å². The highest BCUT2D eigenvalue weighted by atomic mass is 16.5. The highest BCUT2D eigenvalue weighted by molar-refractivity contribution is 5.99. The number of fused-ring (bicyclic) bond motifs is 2. The second-order valence-corrected chi connectivity index (χ2v) is 8.59. The Morgan fingerprint density at radius 3 is 2.31 bits per heavy atom. The predicted molar refractivity (Wildman–Crippen MR) is 149 cm³/mol. The molecule has 6 rings (SSSR count). The molecule has 0 fully saturated rings. The average Bonchev–Trinajstić information content (AvgIpc) is 2.98. The molecule has 0 bridgehead atoms. The van der Waals surface area contributed by atoms with Gasteiger partial charge in [0.15, 0.2) is 11.5 Å². The van der Waals surface area contributed by atoms with Crippen LogP contribution in [-0.2, 0) is 0 Å². The Morgan fingerprint density at radius 2 is 1.54 bits per heavy atom. The fourth-order valence-corrected chi connectivity index (χ4v) is 4.34. The minimum atomic E-state index is 0.115. The summed E-state index contributed by atoms with van der Waals surface area (Å²) in [5, 5.41) is 15.7. The van der Waals surface area contributed by atoms with E-state index in [1.807, 2.05) is 54.6 Å². The molecule has 0 saturated carbocycles. The van der Waals surface area contributed by atoms with Crippen molar-refractivity contribution in [2.24, 2.45) is 0 Å². The molecule has 0 unspecified atom stereocenters. The summed E-state index contributed by atoms with van der Waals surface area (Å²) in [6.07, 6.45) is 4.77. The first kappa shape index (κ1) is 23.9. The van der Waals surface area contributed by atoms with Crippen LogP contribution in [0.25, 0.3) is 32.9 Å². The number of methoxy groups -OCH3 is 2. The number of hydrogen-bond donors (Lipinski definition) is 2. The Balaban J connectivity index is 1.29. The van der Waals surface area contributed by atoms with E-state index in [-0.39, 0.29) is 5.75 Å². The Labute approximate surface area is 223 Å². The SMILES string of the molecule is COc1cc2ncnc(Oc3ccc(Nc4nccc5ncc(-c6ccccc6)c(O)c45)cc3)c2cc1OC. The summed E-state index contributed by atoms with van der Waals surface area (Å²) >= 11 is 0. The molecule has 0 atom stereocenters. The highest BCUT2D eigenvalue weighted by Crippen LogP contribution is 2.39. The average molecular weight is 518 g/mol. The van der Waals surface area contributed by atoms with Crippen LogP contribution in [0.1, 0.15) is 0 Å². The smallest absolute Gasteiger partial charge is 0.230 e. The molecule has 2 N–H and O–H groups in total. The second-order valence-electron chi connectivity index (χ2n) is 8.59. The van der Waals surface area contributed by atoms with Gasteiger partial charge >= 0.3 is 0 Å². The van der Waals surface area contributed by atoms with Gasteiger partial charge in [-0.25, -0.2) is 15.0 Å². The fourth-order valence-electron chi connectivity index (χ4n) is 4.34. The number of pyridine rings is 2. The minimum absolute atomic E-state index is 0.115. The molecule has 39 heavy (non-hydrogen) atoms. The third kappa shape index (κ3) is 4.57. The van der Waals surface area contributed by atoms with Crippen LogP contribution in [0.3, 0.4) is 0 Å². The maximum Gasteiger partial charge on any atom is 0.230 e. The molecule has 0 aliphatic rings. The molecule has 0 aliphatic carbocycles. The normalized spacial score (nSPS) is 10.9. The zero-order chi connectivity index (χ0) is 26.8. The van der Waals surface area contributed by atoms with Crippen molar-refractivity contribution in [2.45, 2.75) is 0 Å². The first-order valence-electron chi connectivity index (χ1n) is 12.1. The van der Waals surface area contributed by atoms with E-state index in [1.54, 1.807) is 44.8 Å². The first-order valence-corrected chi connectivity index (χ1v) is 12.1. The molecule has 192 valence electrons. The second kappa shape index (κ2) is 10.1. The van der Waals surface area contributed by atoms with Gasteiger partial charge in [-0.05, 0) is 42.0 Å². The zero-order valence-corrected chi connectivity index (χ0v) is 21.1. The van der Waals surface area contributed by atoms with Crippen molar-refractivity contribution in [1.82, 2.24) is 19.9 Å². The van der Waals surface area contributed by atoms with Crippen molar-refractivity contribution in [3.05, 3.63) is 91.5 Å². The number of nitrogens with one attached hydrogen (secondary N) is 1. The van der Waals surface area contributed by atoms with E-state index in [0.717, 1.165) is 11.3 Å². The molecule has 3 aromatic heterocycles. The summed E-state index contributed by atoms with van der Waals surface area (Å²) < 4.78 is 16.9. The largest absolute Gasteiger partial charge is 0.506 e. The van der Waals surface area contributed by atoms with E-state index in [0.29, 0.717) is 56.3 Å². The van der Waals surface area contributed by atoms with Crippen LogP contribution in [0.15, 0.2) is 91.5 Å². The van der Waals surface area contributed by atoms with Gasteiger partial charge in [0.25, 0.3) is 0 Å². The van der Waals surface area contributed by atoms with E-state index < -0.39 is 0 Å². The quantitative estimate of drug-likeness (QED) is 0.245. The van der Waals surface area contributed by atoms with Crippen molar-refractivity contribution in [2.75, 3.05) is 19.5 Å². The number of aromatic hydroxyl groups is 1. The summed E-state index contributed by atoms with van der Waals surface area (Å²) in [5.74, 6) is 2.71. The number of rotatable bonds is 7. The van der Waals surface area contributed by atoms with E-state index >= 15 is 0 Å². The van der Waals surface area contributed by atoms with Crippen LogP contribution in [0, 0.1) is 0 Å². The summed E-state index contributed by atoms with van der Waals surface area (Å²) in [7, 11) is 3.15. The third-order valence-corrected chi connectivity index (χ3v) is 6.27. The van der Waals surface area contributed by atoms with Crippen LogP contribution < -0.4 is 19.5 Å². The molecular formula is C30H23N5O4. The minimum Gasteiger partial charge on any atom is -0.506 e. The summed E-state index contributed by atoms with van der Waals surface area (Å²) in [6, 6.07) is 22.3. The molecule has 3 aromatic carbocycles. The van der Waals surface area contributed by atoms with Crippen molar-refractivity contribution in [3.63, 3.8) is 0 Å². The summed E-state index contributed by atoms with van der Waals surface area (Å²) in [4.78, 5) is 17.6. The van der Waals surface area contributed by atoms with Crippen LogP contribution in [0.2, 0.25) is 0 Å².